The number of nitrogens with one attached hydrogen (secondary N) is 1. The van der Waals surface area contributed by atoms with Gasteiger partial charge in [-0.1, -0.05) is 6.92 Å². The van der Waals surface area contributed by atoms with Gasteiger partial charge < -0.3 is 15.3 Å². The number of halogens is 1. The first kappa shape index (κ1) is 13.7. The van der Waals surface area contributed by atoms with Gasteiger partial charge >= 0.3 is 0 Å². The van der Waals surface area contributed by atoms with E-state index in [1.54, 1.807) is 6.07 Å². The lowest BCUT2D eigenvalue weighted by Gasteiger charge is -2.34. The summed E-state index contributed by atoms with van der Waals surface area (Å²) in [5, 5.41) is 12.8. The van der Waals surface area contributed by atoms with Gasteiger partial charge in [-0.25, -0.2) is 4.39 Å². The number of thioether (sulfide) groups is 1. The van der Waals surface area contributed by atoms with E-state index in [4.69, 9.17) is 0 Å². The van der Waals surface area contributed by atoms with Crippen LogP contribution in [0.25, 0.3) is 0 Å². The van der Waals surface area contributed by atoms with Gasteiger partial charge in [0.2, 0.25) is 0 Å². The van der Waals surface area contributed by atoms with E-state index < -0.39 is 12.0 Å². The standard InChI is InChI=1S/C14H17FN2O2S/c1-2-8-7-17(3-4-20-8)12-6-11-9(5-10(12)15)13(18)14(19)16-11/h5-6,8,13,18H,2-4,7H2,1H3,(H,16,19). The third-order valence-corrected chi connectivity index (χ3v) is 5.23. The molecular weight excluding hydrogens is 279 g/mol. The van der Waals surface area contributed by atoms with Crippen LogP contribution in [0.4, 0.5) is 15.8 Å². The molecule has 2 aliphatic heterocycles. The maximum absolute atomic E-state index is 14.3. The van der Waals surface area contributed by atoms with Crippen LogP contribution in [0.3, 0.4) is 0 Å². The number of rotatable bonds is 2. The number of hydrogen-bond acceptors (Lipinski definition) is 4. The van der Waals surface area contributed by atoms with Crippen molar-refractivity contribution in [2.45, 2.75) is 24.7 Å². The molecule has 0 aliphatic carbocycles. The molecule has 0 bridgehead atoms. The lowest BCUT2D eigenvalue weighted by atomic mass is 10.1. The average Bonchev–Trinajstić information content (AvgIpc) is 2.73. The number of fused-ring (bicyclic) bond motifs is 1. The molecule has 6 heteroatoms. The predicted molar refractivity (Wildman–Crippen MR) is 78.7 cm³/mol. The Morgan fingerprint density at radius 2 is 2.35 bits per heavy atom. The lowest BCUT2D eigenvalue weighted by Crippen LogP contribution is -2.38. The van der Waals surface area contributed by atoms with Crippen molar-refractivity contribution in [2.24, 2.45) is 0 Å². The fourth-order valence-corrected chi connectivity index (χ4v) is 3.86. The van der Waals surface area contributed by atoms with Gasteiger partial charge in [-0.3, -0.25) is 4.79 Å². The number of amides is 1. The fourth-order valence-electron chi connectivity index (χ4n) is 2.68. The highest BCUT2D eigenvalue weighted by Crippen LogP contribution is 2.37. The third-order valence-electron chi connectivity index (χ3n) is 3.85. The molecule has 1 fully saturated rings. The number of carbonyl (C=O) groups excluding carboxylic acids is 1. The molecule has 2 aliphatic rings. The molecular formula is C14H17FN2O2S. The average molecular weight is 296 g/mol. The molecule has 1 aromatic carbocycles. The van der Waals surface area contributed by atoms with Crippen LogP contribution in [-0.2, 0) is 4.79 Å². The smallest absolute Gasteiger partial charge is 0.257 e. The van der Waals surface area contributed by atoms with Crippen molar-refractivity contribution in [3.63, 3.8) is 0 Å². The Kier molecular flexibility index (Phi) is 3.60. The maximum Gasteiger partial charge on any atom is 0.257 e. The zero-order valence-electron chi connectivity index (χ0n) is 11.2. The van der Waals surface area contributed by atoms with Crippen molar-refractivity contribution in [1.29, 1.82) is 0 Å². The number of nitrogens with zero attached hydrogens (tertiary/aromatic N) is 1. The molecule has 2 heterocycles. The highest BCUT2D eigenvalue weighted by atomic mass is 32.2. The summed E-state index contributed by atoms with van der Waals surface area (Å²) in [6.07, 6.45) is -0.197. The van der Waals surface area contributed by atoms with Crippen LogP contribution in [0.2, 0.25) is 0 Å². The monoisotopic (exact) mass is 296 g/mol. The Bertz CT molecular complexity index is 552. The van der Waals surface area contributed by atoms with Crippen LogP contribution in [0.1, 0.15) is 25.0 Å². The third kappa shape index (κ3) is 2.27. The van der Waals surface area contributed by atoms with Crippen molar-refractivity contribution in [2.75, 3.05) is 29.1 Å². The molecule has 3 rings (SSSR count). The SMILES string of the molecule is CCC1CN(c2cc3c(cc2F)C(O)C(=O)N3)CCS1. The molecule has 2 N–H and O–H groups in total. The van der Waals surface area contributed by atoms with Crippen molar-refractivity contribution in [3.8, 4) is 0 Å². The normalized spacial score (nSPS) is 25.6. The van der Waals surface area contributed by atoms with Crippen molar-refractivity contribution in [1.82, 2.24) is 0 Å². The minimum absolute atomic E-state index is 0.328. The van der Waals surface area contributed by atoms with E-state index in [1.165, 1.54) is 6.07 Å². The Morgan fingerprint density at radius 1 is 1.55 bits per heavy atom. The molecule has 2 unspecified atom stereocenters. The molecule has 0 saturated carbocycles. The van der Waals surface area contributed by atoms with E-state index in [1.807, 2.05) is 16.7 Å². The van der Waals surface area contributed by atoms with Gasteiger partial charge in [0.05, 0.1) is 5.69 Å². The second-order valence-electron chi connectivity index (χ2n) is 5.13. The van der Waals surface area contributed by atoms with Crippen molar-refractivity contribution < 1.29 is 14.3 Å². The quantitative estimate of drug-likeness (QED) is 0.878. The largest absolute Gasteiger partial charge is 0.378 e. The number of benzene rings is 1. The summed E-state index contributed by atoms with van der Waals surface area (Å²) in [5.41, 5.74) is 1.36. The van der Waals surface area contributed by atoms with Crippen LogP contribution in [0.5, 0.6) is 0 Å². The number of hydrogen-bond donors (Lipinski definition) is 2. The zero-order chi connectivity index (χ0) is 14.3. The van der Waals surface area contributed by atoms with Crippen LogP contribution in [0, 0.1) is 5.82 Å². The molecule has 0 radical (unpaired) electrons. The van der Waals surface area contributed by atoms with E-state index in [-0.39, 0.29) is 5.82 Å². The van der Waals surface area contributed by atoms with Gasteiger partial charge in [-0.15, -0.1) is 0 Å². The van der Waals surface area contributed by atoms with E-state index in [2.05, 4.69) is 12.2 Å². The molecule has 1 aromatic rings. The van der Waals surface area contributed by atoms with Crippen molar-refractivity contribution in [3.05, 3.63) is 23.5 Å². The van der Waals surface area contributed by atoms with Gasteiger partial charge in [-0.2, -0.15) is 11.8 Å². The van der Waals surface area contributed by atoms with E-state index in [0.717, 1.165) is 25.3 Å². The summed E-state index contributed by atoms with van der Waals surface area (Å²) in [6.45, 7) is 3.75. The Hall–Kier alpha value is -1.27. The minimum atomic E-state index is -1.26. The van der Waals surface area contributed by atoms with Crippen LogP contribution < -0.4 is 10.2 Å². The van der Waals surface area contributed by atoms with Crippen LogP contribution in [-0.4, -0.2) is 35.1 Å². The van der Waals surface area contributed by atoms with Crippen LogP contribution in [0.15, 0.2) is 12.1 Å². The first-order chi connectivity index (χ1) is 9.60. The first-order valence-corrected chi connectivity index (χ1v) is 7.84. The molecule has 1 saturated heterocycles. The highest BCUT2D eigenvalue weighted by Gasteiger charge is 2.31. The second kappa shape index (κ2) is 5.26. The summed E-state index contributed by atoms with van der Waals surface area (Å²) >= 11 is 1.92. The number of aliphatic hydroxyl groups is 1. The van der Waals surface area contributed by atoms with E-state index in [9.17, 15) is 14.3 Å². The lowest BCUT2D eigenvalue weighted by molar-refractivity contribution is -0.123. The van der Waals surface area contributed by atoms with Crippen molar-refractivity contribution >= 4 is 29.0 Å². The summed E-state index contributed by atoms with van der Waals surface area (Å²) in [7, 11) is 0. The summed E-state index contributed by atoms with van der Waals surface area (Å²) in [6, 6.07) is 2.91. The molecule has 2 atom stereocenters. The Morgan fingerprint density at radius 3 is 3.10 bits per heavy atom. The number of carbonyl (C=O) groups is 1. The summed E-state index contributed by atoms with van der Waals surface area (Å²) in [4.78, 5) is 13.5. The molecule has 1 amide bonds. The van der Waals surface area contributed by atoms with Gasteiger partial charge in [0.1, 0.15) is 5.82 Å². The minimum Gasteiger partial charge on any atom is -0.378 e. The number of aliphatic hydroxyl groups excluding tert-OH is 1. The summed E-state index contributed by atoms with van der Waals surface area (Å²) < 4.78 is 14.3. The Balaban J connectivity index is 1.91. The maximum atomic E-state index is 14.3. The van der Waals surface area contributed by atoms with E-state index in [0.29, 0.717) is 22.2 Å². The topological polar surface area (TPSA) is 52.6 Å². The Labute approximate surface area is 121 Å². The van der Waals surface area contributed by atoms with Crippen LogP contribution >= 0.6 is 11.8 Å². The van der Waals surface area contributed by atoms with E-state index >= 15 is 0 Å². The molecule has 20 heavy (non-hydrogen) atoms. The molecule has 0 spiro atoms. The second-order valence-corrected chi connectivity index (χ2v) is 6.54. The summed E-state index contributed by atoms with van der Waals surface area (Å²) in [5.74, 6) is 0.113. The fraction of sp³-hybridized carbons (Fsp3) is 0.500. The zero-order valence-corrected chi connectivity index (χ0v) is 12.0. The van der Waals surface area contributed by atoms with Gasteiger partial charge in [0, 0.05) is 35.3 Å². The molecule has 108 valence electrons. The van der Waals surface area contributed by atoms with Gasteiger partial charge in [0.25, 0.3) is 5.91 Å². The first-order valence-electron chi connectivity index (χ1n) is 6.79. The predicted octanol–water partition coefficient (Wildman–Crippen LogP) is 2.14. The number of anilines is 2. The van der Waals surface area contributed by atoms with Gasteiger partial charge in [-0.05, 0) is 18.6 Å². The molecule has 4 nitrogen and oxygen atoms in total. The molecule has 0 aromatic heterocycles. The van der Waals surface area contributed by atoms with Gasteiger partial charge in [0.15, 0.2) is 6.10 Å². The highest BCUT2D eigenvalue weighted by molar-refractivity contribution is 8.00.